The molecule has 12 aromatic rings. The lowest BCUT2D eigenvalue weighted by Gasteiger charge is -2.46. The van der Waals surface area contributed by atoms with Crippen LogP contribution in [0.3, 0.4) is 0 Å². The van der Waals surface area contributed by atoms with E-state index in [1.165, 1.54) is 0 Å². The van der Waals surface area contributed by atoms with E-state index in [0.717, 1.165) is 38.9 Å². The highest BCUT2D eigenvalue weighted by Gasteiger charge is 2.47. The fourth-order valence-corrected chi connectivity index (χ4v) is 16.3. The van der Waals surface area contributed by atoms with Crippen molar-refractivity contribution < 1.29 is 26.0 Å². The summed E-state index contributed by atoms with van der Waals surface area (Å²) in [6.07, 6.45) is 0. The van der Waals surface area contributed by atoms with Crippen LogP contribution in [-0.2, 0) is 65.0 Å². The maximum atomic E-state index is 11.8. The summed E-state index contributed by atoms with van der Waals surface area (Å²) in [5, 5.41) is 0. The van der Waals surface area contributed by atoms with E-state index in [1.54, 1.807) is 20.8 Å². The minimum absolute atomic E-state index is 0.0462. The molecule has 0 saturated heterocycles. The highest BCUT2D eigenvalue weighted by molar-refractivity contribution is 7.00. The predicted molar refractivity (Wildman–Crippen MR) is 543 cm³/mol. The average Bonchev–Trinajstić information content (AvgIpc) is 0.671. The van der Waals surface area contributed by atoms with Gasteiger partial charge in [-0.05, 0) is 240 Å². The van der Waals surface area contributed by atoms with E-state index in [4.69, 9.17) is 0 Å². The summed E-state index contributed by atoms with van der Waals surface area (Å²) in [4.78, 5) is 3.85. The van der Waals surface area contributed by atoms with Crippen molar-refractivity contribution in [2.75, 3.05) is 9.80 Å². The zero-order valence-electron chi connectivity index (χ0n) is 99.9. The second-order valence-corrected chi connectivity index (χ2v) is 47.5. The molecule has 0 unspecified atom stereocenters. The van der Waals surface area contributed by atoms with Crippen LogP contribution in [-0.4, -0.2) is 6.71 Å². The third-order valence-electron chi connectivity index (χ3n) is 24.4. The Morgan fingerprint density at radius 3 is 0.813 bits per heavy atom. The number of fused-ring (bicyclic) bond motifs is 4. The van der Waals surface area contributed by atoms with E-state index in [0.29, 0.717) is 50.0 Å². The van der Waals surface area contributed by atoms with Crippen LogP contribution in [0.4, 0.5) is 34.1 Å². The molecule has 0 fully saturated rings. The molecule has 123 heavy (non-hydrogen) atoms. The molecule has 0 aromatic heterocycles. The highest BCUT2D eigenvalue weighted by Crippen LogP contribution is 2.57. The smallest absolute Gasteiger partial charge is 0.252 e. The van der Waals surface area contributed by atoms with Gasteiger partial charge >= 0.3 is 0 Å². The summed E-state index contributed by atoms with van der Waals surface area (Å²) >= 11 is 0. The second-order valence-electron chi connectivity index (χ2n) is 47.5. The molecule has 0 saturated carbocycles. The largest absolute Gasteiger partial charge is 0.310 e. The molecule has 0 N–H and O–H groups in total. The van der Waals surface area contributed by atoms with Gasteiger partial charge in [0.25, 0.3) is 6.71 Å². The van der Waals surface area contributed by atoms with Crippen molar-refractivity contribution in [1.29, 1.82) is 0 Å². The number of para-hydroxylation sites is 1. The Bertz CT molecular complexity index is 7100. The van der Waals surface area contributed by atoms with Crippen LogP contribution in [0.2, 0.25) is 0 Å². The van der Waals surface area contributed by atoms with Gasteiger partial charge in [0.2, 0.25) is 0 Å². The molecular weight excluding hydrogens is 1480 g/mol. The van der Waals surface area contributed by atoms with Crippen LogP contribution < -0.4 is 26.2 Å². The van der Waals surface area contributed by atoms with Gasteiger partial charge in [-0.25, -0.2) is 0 Å². The van der Waals surface area contributed by atoms with Crippen molar-refractivity contribution in [1.82, 2.24) is 0 Å². The van der Waals surface area contributed by atoms with Crippen LogP contribution in [0.5, 0.6) is 0 Å². The SMILES string of the molecule is [2H]c1c([2H])c(-c2c([2H])c([2H])c(C(C)(C)C)c([2H])c2[2H])c(N2c3cc(-c4cc(C(C)(C)C)cc(C(C)(C)C)c4)ccc3B3c4ccc(-c5cc(C(C)(C)C)cc(C(C)(C)C)c5)cc4N(c4c(-c5c([2H])c([2H])c(C(C)(C)C)c([2H])c5[2H])c([2H])c(C(C)(C)C)c([2H])c4-c4c([2H])c(C(C)(C)C)c([2H])c(C(C)(C)C)c4[2H])c4cc(-c5cccc(C(C)(C)C)c5)cc2c43)c(-c2c([2H])c(C(C)(C)C)c([2H])c(C(C)(C)C)c2[2H])c1[2H]. The van der Waals surface area contributed by atoms with Gasteiger partial charge in [-0.3, -0.25) is 0 Å². The normalized spacial score (nSPS) is 16.1. The summed E-state index contributed by atoms with van der Waals surface area (Å²) in [7, 11) is 0. The maximum Gasteiger partial charge on any atom is 0.252 e. The Kier molecular flexibility index (Phi) is 16.8. The minimum Gasteiger partial charge on any atom is -0.310 e. The standard InChI is InChI=1S/C120H145BN2/c1-109(2,3)84-49-43-74(44-50-84)96-41-38-42-97(82-60-91(116(22,23)24)70-92(61-82)117(25,26)27)107(96)122-102-64-77(79-56-87(112(10,11)12)68-88(57-79)113(13,14)15)47-53-100(102)121-101-54-48-78(80-58-89(114(16,17)18)69-90(59-80)115(19,20)21)65-103(101)123(105-67-81(66-104(122)106(105)121)76-39-37-40-86(55-76)111(7,8)9)108-98(75-45-51-85(52-46-75)110(4,5)6)72-95(120(34,35)36)73-99(108)83-62-93(118(28,29)30)71-94(63-83)119(31,32)33/h37-73H,1-36H3/i38D,41D,42D,43D,44D,45D,46D,49D,50D,51D,52D,60D,61D,62D,63D,70D,71D,72D,73D. The number of hydrogen-bond donors (Lipinski definition) is 0. The minimum atomic E-state index is -1.22. The Hall–Kier alpha value is -9.70. The lowest BCUT2D eigenvalue weighted by atomic mass is 9.33. The number of hydrogen-bond acceptors (Lipinski definition) is 2. The van der Waals surface area contributed by atoms with Gasteiger partial charge in [-0.2, -0.15) is 0 Å². The van der Waals surface area contributed by atoms with Gasteiger partial charge in [0.05, 0.1) is 37.4 Å². The van der Waals surface area contributed by atoms with Gasteiger partial charge in [0.1, 0.15) is 0 Å². The zero-order valence-corrected chi connectivity index (χ0v) is 80.9. The molecule has 14 rings (SSSR count). The number of benzene rings is 12. The van der Waals surface area contributed by atoms with Crippen molar-refractivity contribution in [3.63, 3.8) is 0 Å². The number of rotatable bonds is 9. The van der Waals surface area contributed by atoms with E-state index in [9.17, 15) is 26.0 Å². The maximum absolute atomic E-state index is 11.8. The summed E-state index contributed by atoms with van der Waals surface area (Å²) in [5.74, 6) is 0. The lowest BCUT2D eigenvalue weighted by molar-refractivity contribution is 0.568. The van der Waals surface area contributed by atoms with Gasteiger partial charge in [0, 0.05) is 45.0 Å². The summed E-state index contributed by atoms with van der Waals surface area (Å²) in [5.41, 5.74) is 1.30. The van der Waals surface area contributed by atoms with Gasteiger partial charge in [0.15, 0.2) is 0 Å². The van der Waals surface area contributed by atoms with Gasteiger partial charge in [-0.15, -0.1) is 0 Å². The molecule has 0 radical (unpaired) electrons. The molecule has 2 aliphatic heterocycles. The van der Waals surface area contributed by atoms with Crippen molar-refractivity contribution in [3.05, 3.63) is 291 Å². The fraction of sp³-hybridized carbons (Fsp3) is 0.400. The molecule has 2 heterocycles. The second kappa shape index (κ2) is 30.6. The van der Waals surface area contributed by atoms with Gasteiger partial charge in [-0.1, -0.05) is 437 Å². The first kappa shape index (κ1) is 67.7. The third kappa shape index (κ3) is 17.9. The van der Waals surface area contributed by atoms with Crippen LogP contribution >= 0.6 is 0 Å². The monoisotopic (exact) mass is 1640 g/mol. The van der Waals surface area contributed by atoms with Crippen LogP contribution in [0.25, 0.3) is 77.9 Å². The van der Waals surface area contributed by atoms with E-state index in [2.05, 4.69) is 189 Å². The molecule has 2 nitrogen and oxygen atoms in total. The summed E-state index contributed by atoms with van der Waals surface area (Å²) < 4.78 is 207. The lowest BCUT2D eigenvalue weighted by Crippen LogP contribution is -2.61. The van der Waals surface area contributed by atoms with Crippen molar-refractivity contribution in [3.8, 4) is 77.9 Å². The topological polar surface area (TPSA) is 6.48 Å². The first-order chi connectivity index (χ1) is 64.5. The Morgan fingerprint density at radius 2 is 0.472 bits per heavy atom. The van der Waals surface area contributed by atoms with Crippen molar-refractivity contribution >= 4 is 57.2 Å². The molecule has 0 bridgehead atoms. The number of nitrogens with zero attached hydrogens (tertiary/aromatic N) is 2. The highest BCUT2D eigenvalue weighted by atomic mass is 15.2. The summed E-state index contributed by atoms with van der Waals surface area (Å²) in [6, 6.07) is 30.1. The van der Waals surface area contributed by atoms with Crippen LogP contribution in [0, 0.1) is 0 Å². The van der Waals surface area contributed by atoms with E-state index < -0.39 is 132 Å². The fourth-order valence-electron chi connectivity index (χ4n) is 16.3. The number of anilines is 6. The predicted octanol–water partition coefficient (Wildman–Crippen LogP) is 33.0. The molecule has 638 valence electrons. The molecule has 0 spiro atoms. The molecule has 0 amide bonds. The van der Waals surface area contributed by atoms with Crippen LogP contribution in [0.15, 0.2) is 224 Å². The Labute approximate surface area is 772 Å². The van der Waals surface area contributed by atoms with E-state index in [-0.39, 0.29) is 161 Å². The van der Waals surface area contributed by atoms with E-state index in [1.807, 2.05) is 159 Å². The molecule has 2 aliphatic rings. The van der Waals surface area contributed by atoms with Crippen molar-refractivity contribution in [2.24, 2.45) is 0 Å². The average molecular weight is 1650 g/mol. The zero-order chi connectivity index (χ0) is 107. The molecular formula is C120H145BN2. The molecule has 3 heteroatoms. The third-order valence-corrected chi connectivity index (χ3v) is 24.4. The van der Waals surface area contributed by atoms with Gasteiger partial charge < -0.3 is 9.80 Å². The Morgan fingerprint density at radius 1 is 0.203 bits per heavy atom. The van der Waals surface area contributed by atoms with E-state index >= 15 is 0 Å². The van der Waals surface area contributed by atoms with Crippen molar-refractivity contribution in [2.45, 2.75) is 314 Å². The molecule has 0 atom stereocenters. The molecule has 0 aliphatic carbocycles. The molecule has 12 aromatic carbocycles. The first-order valence-corrected chi connectivity index (χ1v) is 44.4. The first-order valence-electron chi connectivity index (χ1n) is 53.9. The quantitative estimate of drug-likeness (QED) is 0.133. The Balaban J connectivity index is 1.41. The summed E-state index contributed by atoms with van der Waals surface area (Å²) in [6.45, 7) is 70.7. The van der Waals surface area contributed by atoms with Crippen LogP contribution in [0.1, 0.15) is 342 Å².